The van der Waals surface area contributed by atoms with Gasteiger partial charge in [0.15, 0.2) is 9.84 Å². The lowest BCUT2D eigenvalue weighted by atomic mass is 10.2. The van der Waals surface area contributed by atoms with Gasteiger partial charge in [-0.15, -0.1) is 0 Å². The van der Waals surface area contributed by atoms with Crippen LogP contribution < -0.4 is 11.1 Å². The fourth-order valence-corrected chi connectivity index (χ4v) is 2.02. The molecule has 5 heteroatoms. The van der Waals surface area contributed by atoms with Crippen LogP contribution in [0, 0.1) is 6.92 Å². The normalized spacial score (nSPS) is 11.4. The Balaban J connectivity index is 2.59. The monoisotopic (exact) mass is 242 g/mol. The van der Waals surface area contributed by atoms with Crippen LogP contribution in [0.3, 0.4) is 0 Å². The van der Waals surface area contributed by atoms with E-state index in [1.54, 1.807) is 6.92 Å². The van der Waals surface area contributed by atoms with Gasteiger partial charge in [0.05, 0.1) is 17.1 Å². The Morgan fingerprint density at radius 1 is 1.38 bits per heavy atom. The van der Waals surface area contributed by atoms with E-state index in [2.05, 4.69) is 5.32 Å². The summed E-state index contributed by atoms with van der Waals surface area (Å²) in [7, 11) is -2.92. The molecule has 0 saturated carbocycles. The molecule has 0 heterocycles. The number of rotatable bonds is 5. The number of sulfone groups is 1. The fraction of sp³-hybridized carbons (Fsp3) is 0.455. The summed E-state index contributed by atoms with van der Waals surface area (Å²) in [6, 6.07) is 5.66. The van der Waals surface area contributed by atoms with E-state index in [9.17, 15) is 8.42 Å². The molecular weight excluding hydrogens is 224 g/mol. The van der Waals surface area contributed by atoms with Gasteiger partial charge in [0.1, 0.15) is 0 Å². The van der Waals surface area contributed by atoms with Crippen molar-refractivity contribution in [3.05, 3.63) is 23.8 Å². The molecule has 0 aliphatic heterocycles. The molecule has 0 aliphatic carbocycles. The molecule has 0 saturated heterocycles. The van der Waals surface area contributed by atoms with Crippen molar-refractivity contribution in [1.82, 2.24) is 0 Å². The maximum Gasteiger partial charge on any atom is 0.151 e. The molecule has 3 N–H and O–H groups in total. The average Bonchev–Trinajstić information content (AvgIpc) is 2.24. The second-order valence-corrected chi connectivity index (χ2v) is 6.17. The van der Waals surface area contributed by atoms with Crippen LogP contribution in [0.5, 0.6) is 0 Å². The number of nitrogens with two attached hydrogens (primary N) is 1. The standard InChI is InChI=1S/C11H18N2O2S/c1-3-16(14,15)8-7-13-10-6-4-5-9(2)11(10)12/h4-6,13H,3,7-8,12H2,1-2H3. The van der Waals surface area contributed by atoms with Gasteiger partial charge in [0.2, 0.25) is 0 Å². The van der Waals surface area contributed by atoms with Crippen LogP contribution in [-0.2, 0) is 9.84 Å². The summed E-state index contributed by atoms with van der Waals surface area (Å²) in [5, 5.41) is 3.04. The van der Waals surface area contributed by atoms with E-state index in [-0.39, 0.29) is 11.5 Å². The highest BCUT2D eigenvalue weighted by Crippen LogP contribution is 2.21. The Labute approximate surface area is 96.8 Å². The first kappa shape index (κ1) is 12.8. The van der Waals surface area contributed by atoms with Crippen LogP contribution in [0.1, 0.15) is 12.5 Å². The topological polar surface area (TPSA) is 72.2 Å². The predicted octanol–water partition coefficient (Wildman–Crippen LogP) is 1.42. The molecule has 0 fully saturated rings. The van der Waals surface area contributed by atoms with Crippen LogP contribution in [0.15, 0.2) is 18.2 Å². The first-order valence-corrected chi connectivity index (χ1v) is 7.08. The van der Waals surface area contributed by atoms with Crippen molar-refractivity contribution in [2.24, 2.45) is 0 Å². The Morgan fingerprint density at radius 3 is 2.69 bits per heavy atom. The van der Waals surface area contributed by atoms with Gasteiger partial charge < -0.3 is 11.1 Å². The molecule has 1 aromatic rings. The van der Waals surface area contributed by atoms with E-state index in [4.69, 9.17) is 5.73 Å². The third kappa shape index (κ3) is 3.41. The molecule has 0 bridgehead atoms. The third-order valence-electron chi connectivity index (χ3n) is 2.49. The highest BCUT2D eigenvalue weighted by molar-refractivity contribution is 7.91. The number of para-hydroxylation sites is 1. The molecule has 0 radical (unpaired) electrons. The first-order valence-electron chi connectivity index (χ1n) is 5.25. The largest absolute Gasteiger partial charge is 0.397 e. The van der Waals surface area contributed by atoms with Gasteiger partial charge >= 0.3 is 0 Å². The molecule has 0 atom stereocenters. The maximum absolute atomic E-state index is 11.3. The molecule has 0 aromatic heterocycles. The van der Waals surface area contributed by atoms with Crippen LogP contribution >= 0.6 is 0 Å². The van der Waals surface area contributed by atoms with Crippen molar-refractivity contribution in [2.45, 2.75) is 13.8 Å². The Bertz CT molecular complexity index is 455. The van der Waals surface area contributed by atoms with Gasteiger partial charge in [-0.05, 0) is 18.6 Å². The minimum Gasteiger partial charge on any atom is -0.397 e. The van der Waals surface area contributed by atoms with E-state index in [0.717, 1.165) is 11.3 Å². The van der Waals surface area contributed by atoms with Gasteiger partial charge in [-0.3, -0.25) is 0 Å². The van der Waals surface area contributed by atoms with Gasteiger partial charge in [0, 0.05) is 12.3 Å². The molecule has 4 nitrogen and oxygen atoms in total. The molecule has 90 valence electrons. The van der Waals surface area contributed by atoms with Crippen molar-refractivity contribution in [3.63, 3.8) is 0 Å². The van der Waals surface area contributed by atoms with Crippen LogP contribution in [-0.4, -0.2) is 26.5 Å². The van der Waals surface area contributed by atoms with E-state index in [1.807, 2.05) is 25.1 Å². The SMILES string of the molecule is CCS(=O)(=O)CCNc1cccc(C)c1N. The van der Waals surface area contributed by atoms with Crippen LogP contribution in [0.25, 0.3) is 0 Å². The first-order chi connectivity index (χ1) is 7.46. The number of hydrogen-bond donors (Lipinski definition) is 2. The summed E-state index contributed by atoms with van der Waals surface area (Å²) in [5.41, 5.74) is 8.32. The van der Waals surface area contributed by atoms with Crippen molar-refractivity contribution in [3.8, 4) is 0 Å². The van der Waals surface area contributed by atoms with Crippen molar-refractivity contribution < 1.29 is 8.42 Å². The fourth-order valence-electron chi connectivity index (χ4n) is 1.32. The highest BCUT2D eigenvalue weighted by atomic mass is 32.2. The van der Waals surface area contributed by atoms with Crippen molar-refractivity contribution in [1.29, 1.82) is 0 Å². The Hall–Kier alpha value is -1.23. The molecule has 0 spiro atoms. The molecule has 0 amide bonds. The summed E-state index contributed by atoms with van der Waals surface area (Å²) >= 11 is 0. The van der Waals surface area contributed by atoms with Gasteiger partial charge in [-0.2, -0.15) is 0 Å². The summed E-state index contributed by atoms with van der Waals surface area (Å²) in [6.07, 6.45) is 0. The highest BCUT2D eigenvalue weighted by Gasteiger charge is 2.07. The van der Waals surface area contributed by atoms with Crippen LogP contribution in [0.4, 0.5) is 11.4 Å². The predicted molar refractivity (Wildman–Crippen MR) is 68.4 cm³/mol. The summed E-state index contributed by atoms with van der Waals surface area (Å²) in [4.78, 5) is 0. The molecule has 1 aromatic carbocycles. The number of nitrogen functional groups attached to an aromatic ring is 1. The number of aryl methyl sites for hydroxylation is 1. The number of anilines is 2. The lowest BCUT2D eigenvalue weighted by Gasteiger charge is -2.10. The summed E-state index contributed by atoms with van der Waals surface area (Å²) in [6.45, 7) is 3.96. The van der Waals surface area contributed by atoms with Gasteiger partial charge in [-0.1, -0.05) is 19.1 Å². The lowest BCUT2D eigenvalue weighted by Crippen LogP contribution is -2.17. The smallest absolute Gasteiger partial charge is 0.151 e. The average molecular weight is 242 g/mol. The zero-order chi connectivity index (χ0) is 12.2. The number of hydrogen-bond acceptors (Lipinski definition) is 4. The summed E-state index contributed by atoms with van der Waals surface area (Å²) < 4.78 is 22.5. The minimum absolute atomic E-state index is 0.136. The summed E-state index contributed by atoms with van der Waals surface area (Å²) in [5.74, 6) is 0.314. The Kier molecular flexibility index (Phi) is 4.18. The maximum atomic E-state index is 11.3. The molecule has 0 unspecified atom stereocenters. The quantitative estimate of drug-likeness (QED) is 0.766. The Morgan fingerprint density at radius 2 is 2.06 bits per heavy atom. The van der Waals surface area contributed by atoms with E-state index >= 15 is 0 Å². The number of benzene rings is 1. The molecule has 1 rings (SSSR count). The minimum atomic E-state index is -2.92. The van der Waals surface area contributed by atoms with E-state index in [0.29, 0.717) is 12.2 Å². The van der Waals surface area contributed by atoms with E-state index in [1.165, 1.54) is 0 Å². The van der Waals surface area contributed by atoms with E-state index < -0.39 is 9.84 Å². The second kappa shape index (κ2) is 5.21. The molecule has 16 heavy (non-hydrogen) atoms. The lowest BCUT2D eigenvalue weighted by molar-refractivity contribution is 0.597. The van der Waals surface area contributed by atoms with Gasteiger partial charge in [0.25, 0.3) is 0 Å². The second-order valence-electron chi connectivity index (χ2n) is 3.70. The number of nitrogens with one attached hydrogen (secondary N) is 1. The van der Waals surface area contributed by atoms with Crippen LogP contribution in [0.2, 0.25) is 0 Å². The molecular formula is C11H18N2O2S. The third-order valence-corrected chi connectivity index (χ3v) is 4.20. The molecule has 0 aliphatic rings. The zero-order valence-corrected chi connectivity index (χ0v) is 10.5. The zero-order valence-electron chi connectivity index (χ0n) is 9.66. The van der Waals surface area contributed by atoms with Gasteiger partial charge in [-0.25, -0.2) is 8.42 Å². The van der Waals surface area contributed by atoms with Crippen molar-refractivity contribution >= 4 is 21.2 Å². The van der Waals surface area contributed by atoms with Crippen molar-refractivity contribution in [2.75, 3.05) is 29.1 Å².